The summed E-state index contributed by atoms with van der Waals surface area (Å²) in [5.41, 5.74) is 0.828. The molecule has 2 aromatic rings. The van der Waals surface area contributed by atoms with Crippen molar-refractivity contribution >= 4 is 11.9 Å². The summed E-state index contributed by atoms with van der Waals surface area (Å²) >= 11 is 0. The van der Waals surface area contributed by atoms with Crippen LogP contribution in [0.5, 0.6) is 0 Å². The van der Waals surface area contributed by atoms with Crippen LogP contribution in [0.4, 0.5) is 13.2 Å². The zero-order valence-electron chi connectivity index (χ0n) is 15.7. The Morgan fingerprint density at radius 2 is 1.72 bits per heavy atom. The third-order valence-electron chi connectivity index (χ3n) is 4.95. The molecule has 0 radical (unpaired) electrons. The van der Waals surface area contributed by atoms with Gasteiger partial charge in [-0.2, -0.15) is 13.2 Å². The van der Waals surface area contributed by atoms with Crippen molar-refractivity contribution in [2.75, 3.05) is 6.54 Å². The molecule has 0 saturated carbocycles. The summed E-state index contributed by atoms with van der Waals surface area (Å²) in [5.74, 6) is -1.59. The van der Waals surface area contributed by atoms with Gasteiger partial charge in [-0.25, -0.2) is 0 Å². The van der Waals surface area contributed by atoms with Gasteiger partial charge in [0.15, 0.2) is 0 Å². The molecular weight excluding hydrogens is 383 g/mol. The number of unbranched alkanes of at least 4 members (excludes halogenated alkanes) is 1. The van der Waals surface area contributed by atoms with Gasteiger partial charge in [0.2, 0.25) is 5.91 Å². The molecule has 3 rings (SSSR count). The minimum absolute atomic E-state index is 0.0818. The number of carbonyl (C=O) groups is 2. The number of nitrogens with one attached hydrogen (secondary N) is 1. The number of amides is 1. The number of halogens is 3. The molecule has 4 nitrogen and oxygen atoms in total. The molecule has 29 heavy (non-hydrogen) atoms. The van der Waals surface area contributed by atoms with Gasteiger partial charge >= 0.3 is 12.1 Å². The fraction of sp³-hybridized carbons (Fsp3) is 0.364. The van der Waals surface area contributed by atoms with Crippen LogP contribution in [0, 0.1) is 5.92 Å². The van der Waals surface area contributed by atoms with Gasteiger partial charge in [0, 0.05) is 6.54 Å². The maximum atomic E-state index is 12.7. The zero-order valence-corrected chi connectivity index (χ0v) is 15.7. The van der Waals surface area contributed by atoms with Gasteiger partial charge in [-0.3, -0.25) is 9.59 Å². The van der Waals surface area contributed by atoms with E-state index < -0.39 is 29.7 Å². The fourth-order valence-electron chi connectivity index (χ4n) is 3.39. The molecule has 7 heteroatoms. The number of ether oxygens (including phenoxy) is 1. The predicted molar refractivity (Wildman–Crippen MR) is 101 cm³/mol. The van der Waals surface area contributed by atoms with E-state index in [1.807, 2.05) is 18.2 Å². The molecule has 154 valence electrons. The van der Waals surface area contributed by atoms with E-state index in [2.05, 4.69) is 17.4 Å². The third kappa shape index (κ3) is 5.59. The third-order valence-corrected chi connectivity index (χ3v) is 4.95. The average Bonchev–Trinajstić information content (AvgIpc) is 3.10. The topological polar surface area (TPSA) is 55.4 Å². The van der Waals surface area contributed by atoms with E-state index in [9.17, 15) is 22.8 Å². The predicted octanol–water partition coefficient (Wildman–Crippen LogP) is 4.45. The van der Waals surface area contributed by atoms with Crippen molar-refractivity contribution in [3.63, 3.8) is 0 Å². The molecular formula is C22H22F3NO3. The lowest BCUT2D eigenvalue weighted by molar-refractivity contribution is -0.142. The van der Waals surface area contributed by atoms with Crippen LogP contribution in [-0.2, 0) is 26.9 Å². The number of hydrogen-bond acceptors (Lipinski definition) is 3. The second-order valence-corrected chi connectivity index (χ2v) is 7.07. The van der Waals surface area contributed by atoms with Crippen molar-refractivity contribution in [2.45, 2.75) is 38.0 Å². The Labute approximate surface area is 167 Å². The number of alkyl halides is 3. The summed E-state index contributed by atoms with van der Waals surface area (Å²) in [5, 5.41) is 2.82. The summed E-state index contributed by atoms with van der Waals surface area (Å²) in [6, 6.07) is 14.4. The first-order chi connectivity index (χ1) is 13.8. The summed E-state index contributed by atoms with van der Waals surface area (Å²) < 4.78 is 43.4. The first-order valence-corrected chi connectivity index (χ1v) is 9.53. The molecule has 1 saturated heterocycles. The van der Waals surface area contributed by atoms with E-state index in [1.54, 1.807) is 0 Å². The molecule has 0 aromatic heterocycles. The second kappa shape index (κ2) is 9.11. The molecule has 0 spiro atoms. The van der Waals surface area contributed by atoms with E-state index in [0.29, 0.717) is 12.1 Å². The number of esters is 1. The largest absolute Gasteiger partial charge is 0.457 e. The van der Waals surface area contributed by atoms with Crippen molar-refractivity contribution in [1.82, 2.24) is 5.32 Å². The second-order valence-electron chi connectivity index (χ2n) is 7.07. The van der Waals surface area contributed by atoms with E-state index in [4.69, 9.17) is 4.74 Å². The van der Waals surface area contributed by atoms with Gasteiger partial charge in [-0.05, 0) is 42.5 Å². The van der Waals surface area contributed by atoms with E-state index >= 15 is 0 Å². The van der Waals surface area contributed by atoms with Crippen LogP contribution >= 0.6 is 0 Å². The number of carbonyl (C=O) groups excluding carboxylic acids is 2. The first-order valence-electron chi connectivity index (χ1n) is 9.53. The van der Waals surface area contributed by atoms with E-state index in [0.717, 1.165) is 31.4 Å². The maximum absolute atomic E-state index is 12.7. The molecule has 2 atom stereocenters. The monoisotopic (exact) mass is 405 g/mol. The molecule has 1 fully saturated rings. The fourth-order valence-corrected chi connectivity index (χ4v) is 3.39. The van der Waals surface area contributed by atoms with Gasteiger partial charge in [0.25, 0.3) is 0 Å². The Morgan fingerprint density at radius 1 is 1.03 bits per heavy atom. The van der Waals surface area contributed by atoms with Crippen molar-refractivity contribution in [1.29, 1.82) is 0 Å². The molecule has 1 aliphatic heterocycles. The van der Waals surface area contributed by atoms with E-state index in [-0.39, 0.29) is 12.3 Å². The van der Waals surface area contributed by atoms with Gasteiger partial charge in [-0.1, -0.05) is 42.5 Å². The van der Waals surface area contributed by atoms with Crippen LogP contribution in [0.3, 0.4) is 0 Å². The first kappa shape index (κ1) is 20.9. The number of rotatable bonds is 7. The normalized spacial score (nSPS) is 19.1. The highest BCUT2D eigenvalue weighted by Crippen LogP contribution is 2.37. The lowest BCUT2D eigenvalue weighted by Gasteiger charge is -2.18. The Hall–Kier alpha value is -2.83. The summed E-state index contributed by atoms with van der Waals surface area (Å²) in [6.45, 7) is 0.468. The molecule has 1 N–H and O–H groups in total. The molecule has 0 aliphatic carbocycles. The summed E-state index contributed by atoms with van der Waals surface area (Å²) in [4.78, 5) is 24.2. The minimum atomic E-state index is -4.44. The molecule has 1 amide bonds. The van der Waals surface area contributed by atoms with Crippen LogP contribution in [0.1, 0.15) is 42.1 Å². The Morgan fingerprint density at radius 3 is 2.38 bits per heavy atom. The molecule has 1 heterocycles. The van der Waals surface area contributed by atoms with Crippen LogP contribution in [0.2, 0.25) is 0 Å². The standard InChI is InChI=1S/C22H22F3NO3/c23-22(24,25)17-11-9-16(10-12-17)20-18(14-19(27)29-20)21(28)26-13-5-4-8-15-6-2-1-3-7-15/h1-3,6-7,9-12,18,20H,4-5,8,13-14H2,(H,26,28)/t18-,20+/m0/s1. The van der Waals surface area contributed by atoms with Crippen LogP contribution < -0.4 is 5.32 Å². The molecule has 0 bridgehead atoms. The SMILES string of the molecule is O=C1C[C@H](C(=O)NCCCCc2ccccc2)[C@@H](c2ccc(C(F)(F)F)cc2)O1. The van der Waals surface area contributed by atoms with Gasteiger partial charge in [0.1, 0.15) is 6.10 Å². The Balaban J connectivity index is 1.52. The van der Waals surface area contributed by atoms with Gasteiger partial charge in [-0.15, -0.1) is 0 Å². The van der Waals surface area contributed by atoms with Crippen LogP contribution in [0.15, 0.2) is 54.6 Å². The lowest BCUT2D eigenvalue weighted by Crippen LogP contribution is -2.33. The van der Waals surface area contributed by atoms with Crippen LogP contribution in [-0.4, -0.2) is 18.4 Å². The minimum Gasteiger partial charge on any atom is -0.457 e. The average molecular weight is 405 g/mol. The maximum Gasteiger partial charge on any atom is 0.416 e. The van der Waals surface area contributed by atoms with E-state index in [1.165, 1.54) is 17.7 Å². The van der Waals surface area contributed by atoms with Crippen molar-refractivity contribution in [3.8, 4) is 0 Å². The number of hydrogen-bond donors (Lipinski definition) is 1. The highest BCUT2D eigenvalue weighted by Gasteiger charge is 2.41. The summed E-state index contributed by atoms with van der Waals surface area (Å²) in [7, 11) is 0. The highest BCUT2D eigenvalue weighted by atomic mass is 19.4. The summed E-state index contributed by atoms with van der Waals surface area (Å²) in [6.07, 6.45) is -2.78. The lowest BCUT2D eigenvalue weighted by atomic mass is 9.93. The van der Waals surface area contributed by atoms with Crippen LogP contribution in [0.25, 0.3) is 0 Å². The zero-order chi connectivity index (χ0) is 20.9. The highest BCUT2D eigenvalue weighted by molar-refractivity contribution is 5.87. The Kier molecular flexibility index (Phi) is 6.56. The van der Waals surface area contributed by atoms with Gasteiger partial charge in [0.05, 0.1) is 17.9 Å². The smallest absolute Gasteiger partial charge is 0.416 e. The molecule has 0 unspecified atom stereocenters. The number of benzene rings is 2. The van der Waals surface area contributed by atoms with Crippen molar-refractivity contribution < 1.29 is 27.5 Å². The Bertz CT molecular complexity index is 835. The number of aryl methyl sites for hydroxylation is 1. The quantitative estimate of drug-likeness (QED) is 0.547. The number of cyclic esters (lactones) is 1. The van der Waals surface area contributed by atoms with Gasteiger partial charge < -0.3 is 10.1 Å². The van der Waals surface area contributed by atoms with Crippen molar-refractivity contribution in [2.24, 2.45) is 5.92 Å². The molecule has 1 aliphatic rings. The molecule has 2 aromatic carbocycles. The van der Waals surface area contributed by atoms with Crippen molar-refractivity contribution in [3.05, 3.63) is 71.3 Å².